The molecule has 0 aliphatic carbocycles. The van der Waals surface area contributed by atoms with Crippen LogP contribution in [-0.4, -0.2) is 41.0 Å². The molecule has 0 saturated carbocycles. The predicted octanol–water partition coefficient (Wildman–Crippen LogP) is 2.83. The van der Waals surface area contributed by atoms with Gasteiger partial charge in [0.05, 0.1) is 0 Å². The fourth-order valence-electron chi connectivity index (χ4n) is 4.40. The standard InChI is InChI=1S/C21H25N3O/c1-15-4-2-6-18(12-15)21(25)23-20-17-7-10-24(11-8-17)19(20)13-16-5-3-9-22-14-16/h2-6,9,12,14,17,19-20H,7-8,10-11,13H2,1H3,(H,23,25)/t19-,20-/m1/s1. The average Bonchev–Trinajstić information content (AvgIpc) is 2.65. The van der Waals surface area contributed by atoms with Crippen LogP contribution in [0.1, 0.15) is 34.3 Å². The maximum Gasteiger partial charge on any atom is 0.251 e. The number of hydrogen-bond donors (Lipinski definition) is 1. The molecule has 1 aromatic heterocycles. The number of pyridine rings is 1. The Labute approximate surface area is 149 Å². The zero-order valence-corrected chi connectivity index (χ0v) is 14.7. The van der Waals surface area contributed by atoms with Crippen molar-refractivity contribution >= 4 is 5.91 Å². The van der Waals surface area contributed by atoms with Crippen molar-refractivity contribution in [3.63, 3.8) is 0 Å². The van der Waals surface area contributed by atoms with Crippen LogP contribution in [-0.2, 0) is 6.42 Å². The Bertz CT molecular complexity index is 738. The summed E-state index contributed by atoms with van der Waals surface area (Å²) in [5, 5.41) is 3.36. The molecular weight excluding hydrogens is 310 g/mol. The summed E-state index contributed by atoms with van der Waals surface area (Å²) in [6, 6.07) is 12.6. The van der Waals surface area contributed by atoms with Crippen LogP contribution in [0.15, 0.2) is 48.8 Å². The average molecular weight is 335 g/mol. The monoisotopic (exact) mass is 335 g/mol. The van der Waals surface area contributed by atoms with Gasteiger partial charge in [-0.1, -0.05) is 23.8 Å². The first kappa shape index (κ1) is 16.3. The Morgan fingerprint density at radius 2 is 2.08 bits per heavy atom. The number of rotatable bonds is 4. The topological polar surface area (TPSA) is 45.2 Å². The second-order valence-electron chi connectivity index (χ2n) is 7.37. The summed E-state index contributed by atoms with van der Waals surface area (Å²) in [4.78, 5) is 19.6. The molecule has 3 saturated heterocycles. The van der Waals surface area contributed by atoms with Gasteiger partial charge in [-0.3, -0.25) is 14.7 Å². The second kappa shape index (κ2) is 6.96. The van der Waals surface area contributed by atoms with Gasteiger partial charge in [0.15, 0.2) is 0 Å². The number of carbonyl (C=O) groups excluding carboxylic acids is 1. The molecule has 2 atom stereocenters. The first-order valence-electron chi connectivity index (χ1n) is 9.21. The van der Waals surface area contributed by atoms with Crippen LogP contribution in [0.2, 0.25) is 0 Å². The normalized spacial score (nSPS) is 27.9. The number of fused-ring (bicyclic) bond motifs is 3. The van der Waals surface area contributed by atoms with E-state index in [1.807, 2.05) is 49.6 Å². The first-order chi connectivity index (χ1) is 12.2. The zero-order chi connectivity index (χ0) is 17.2. The molecule has 4 nitrogen and oxygen atoms in total. The highest BCUT2D eigenvalue weighted by atomic mass is 16.1. The molecule has 4 heterocycles. The molecule has 0 radical (unpaired) electrons. The Balaban J connectivity index is 1.54. The van der Waals surface area contributed by atoms with Crippen LogP contribution in [0.25, 0.3) is 0 Å². The second-order valence-corrected chi connectivity index (χ2v) is 7.37. The first-order valence-corrected chi connectivity index (χ1v) is 9.21. The summed E-state index contributed by atoms with van der Waals surface area (Å²) >= 11 is 0. The molecule has 3 aliphatic rings. The van der Waals surface area contributed by atoms with Gasteiger partial charge in [-0.05, 0) is 69.0 Å². The summed E-state index contributed by atoms with van der Waals surface area (Å²) in [5.41, 5.74) is 3.12. The van der Waals surface area contributed by atoms with E-state index in [9.17, 15) is 4.79 Å². The van der Waals surface area contributed by atoms with Crippen molar-refractivity contribution in [2.75, 3.05) is 13.1 Å². The number of aromatic nitrogens is 1. The van der Waals surface area contributed by atoms with Gasteiger partial charge in [0.25, 0.3) is 5.91 Å². The van der Waals surface area contributed by atoms with Crippen molar-refractivity contribution in [1.82, 2.24) is 15.2 Å². The Morgan fingerprint density at radius 1 is 1.24 bits per heavy atom. The van der Waals surface area contributed by atoms with Crippen LogP contribution in [0.5, 0.6) is 0 Å². The Hall–Kier alpha value is -2.20. The van der Waals surface area contributed by atoms with Gasteiger partial charge in [0, 0.05) is 30.0 Å². The minimum Gasteiger partial charge on any atom is -0.347 e. The van der Waals surface area contributed by atoms with Crippen LogP contribution in [0.4, 0.5) is 0 Å². The van der Waals surface area contributed by atoms with E-state index in [4.69, 9.17) is 0 Å². The molecule has 25 heavy (non-hydrogen) atoms. The third-order valence-electron chi connectivity index (χ3n) is 5.71. The molecule has 1 amide bonds. The van der Waals surface area contributed by atoms with E-state index in [-0.39, 0.29) is 11.9 Å². The summed E-state index contributed by atoms with van der Waals surface area (Å²) in [6.45, 7) is 4.31. The van der Waals surface area contributed by atoms with Crippen molar-refractivity contribution in [3.8, 4) is 0 Å². The van der Waals surface area contributed by atoms with E-state index >= 15 is 0 Å². The van der Waals surface area contributed by atoms with Gasteiger partial charge in [0.1, 0.15) is 0 Å². The summed E-state index contributed by atoms with van der Waals surface area (Å²) < 4.78 is 0. The molecule has 130 valence electrons. The van der Waals surface area contributed by atoms with Crippen molar-refractivity contribution < 1.29 is 4.79 Å². The highest BCUT2D eigenvalue weighted by molar-refractivity contribution is 5.94. The van der Waals surface area contributed by atoms with E-state index in [0.717, 1.165) is 30.6 Å². The van der Waals surface area contributed by atoms with E-state index in [1.54, 1.807) is 0 Å². The number of nitrogens with one attached hydrogen (secondary N) is 1. The van der Waals surface area contributed by atoms with Crippen molar-refractivity contribution in [2.24, 2.45) is 5.92 Å². The molecule has 1 aromatic carbocycles. The largest absolute Gasteiger partial charge is 0.347 e. The SMILES string of the molecule is Cc1cccc(C(=O)N[C@@H]2C3CCN(CC3)[C@@H]2Cc2cccnc2)c1. The Kier molecular flexibility index (Phi) is 4.53. The highest BCUT2D eigenvalue weighted by Gasteiger charge is 2.42. The van der Waals surface area contributed by atoms with Gasteiger partial charge in [0.2, 0.25) is 0 Å². The fraction of sp³-hybridized carbons (Fsp3) is 0.429. The number of amides is 1. The predicted molar refractivity (Wildman–Crippen MR) is 98.5 cm³/mol. The number of carbonyl (C=O) groups is 1. The van der Waals surface area contributed by atoms with Gasteiger partial charge < -0.3 is 5.32 Å². The Morgan fingerprint density at radius 3 is 2.80 bits per heavy atom. The molecule has 3 fully saturated rings. The van der Waals surface area contributed by atoms with E-state index in [2.05, 4.69) is 21.3 Å². The zero-order valence-electron chi connectivity index (χ0n) is 14.7. The maximum atomic E-state index is 12.8. The van der Waals surface area contributed by atoms with Crippen molar-refractivity contribution in [2.45, 2.75) is 38.3 Å². The van der Waals surface area contributed by atoms with E-state index in [1.165, 1.54) is 18.4 Å². The molecule has 0 spiro atoms. The van der Waals surface area contributed by atoms with Gasteiger partial charge in [-0.15, -0.1) is 0 Å². The third kappa shape index (κ3) is 3.45. The number of aryl methyl sites for hydroxylation is 1. The third-order valence-corrected chi connectivity index (χ3v) is 5.71. The van der Waals surface area contributed by atoms with Gasteiger partial charge >= 0.3 is 0 Å². The van der Waals surface area contributed by atoms with Crippen LogP contribution < -0.4 is 5.32 Å². The van der Waals surface area contributed by atoms with E-state index in [0.29, 0.717) is 12.0 Å². The summed E-state index contributed by atoms with van der Waals surface area (Å²) in [5.74, 6) is 0.638. The van der Waals surface area contributed by atoms with Crippen molar-refractivity contribution in [3.05, 3.63) is 65.5 Å². The van der Waals surface area contributed by atoms with Crippen LogP contribution in [0.3, 0.4) is 0 Å². The lowest BCUT2D eigenvalue weighted by atomic mass is 9.76. The highest BCUT2D eigenvalue weighted by Crippen LogP contribution is 2.34. The molecule has 2 bridgehead atoms. The number of hydrogen-bond acceptors (Lipinski definition) is 3. The minimum atomic E-state index is 0.0543. The lowest BCUT2D eigenvalue weighted by Gasteiger charge is -2.51. The minimum absolute atomic E-state index is 0.0543. The molecule has 1 N–H and O–H groups in total. The number of benzene rings is 1. The molecular formula is C21H25N3O. The van der Waals surface area contributed by atoms with Gasteiger partial charge in [-0.2, -0.15) is 0 Å². The smallest absolute Gasteiger partial charge is 0.251 e. The quantitative estimate of drug-likeness (QED) is 0.934. The lowest BCUT2D eigenvalue weighted by molar-refractivity contribution is 0.0136. The van der Waals surface area contributed by atoms with Crippen LogP contribution in [0, 0.1) is 12.8 Å². The summed E-state index contributed by atoms with van der Waals surface area (Å²) in [7, 11) is 0. The lowest BCUT2D eigenvalue weighted by Crippen LogP contribution is -2.64. The molecule has 0 unspecified atom stereocenters. The molecule has 5 rings (SSSR count). The van der Waals surface area contributed by atoms with Crippen LogP contribution >= 0.6 is 0 Å². The molecule has 3 aliphatic heterocycles. The summed E-state index contributed by atoms with van der Waals surface area (Å²) in [6.07, 6.45) is 7.07. The maximum absolute atomic E-state index is 12.8. The molecule has 4 heteroatoms. The fourth-order valence-corrected chi connectivity index (χ4v) is 4.40. The molecule has 2 aromatic rings. The van der Waals surface area contributed by atoms with Crippen molar-refractivity contribution in [1.29, 1.82) is 0 Å². The van der Waals surface area contributed by atoms with E-state index < -0.39 is 0 Å². The number of nitrogens with zero attached hydrogens (tertiary/aromatic N) is 2. The van der Waals surface area contributed by atoms with Gasteiger partial charge in [-0.25, -0.2) is 0 Å². The number of piperidine rings is 3.